The normalized spacial score (nSPS) is 27.4. The van der Waals surface area contributed by atoms with Gasteiger partial charge < -0.3 is 5.32 Å². The number of rotatable bonds is 6. The van der Waals surface area contributed by atoms with Crippen LogP contribution in [-0.2, 0) is 0 Å². The standard InChI is InChI=1S/C17H25F3N4.ClH/c18-17(19,20)12-24-7-6-13(11-24)8-21-9-15-10-22-23-16(15)14-4-2-1-3-5-14;/h1-5,13,15-16,21-23H,6-12H2;1H. The fourth-order valence-electron chi connectivity index (χ4n) is 3.69. The van der Waals surface area contributed by atoms with Crippen molar-refractivity contribution in [1.29, 1.82) is 0 Å². The number of halogens is 4. The maximum absolute atomic E-state index is 12.4. The Kier molecular flexibility index (Phi) is 7.51. The molecule has 8 heteroatoms. The van der Waals surface area contributed by atoms with Gasteiger partial charge in [0.25, 0.3) is 0 Å². The number of hydrogen-bond acceptors (Lipinski definition) is 4. The summed E-state index contributed by atoms with van der Waals surface area (Å²) < 4.78 is 37.3. The van der Waals surface area contributed by atoms with E-state index in [4.69, 9.17) is 0 Å². The van der Waals surface area contributed by atoms with E-state index in [-0.39, 0.29) is 18.4 Å². The number of nitrogens with zero attached hydrogens (tertiary/aromatic N) is 1. The quantitative estimate of drug-likeness (QED) is 0.710. The summed E-state index contributed by atoms with van der Waals surface area (Å²) in [5, 5.41) is 3.46. The predicted octanol–water partition coefficient (Wildman–Crippen LogP) is 2.35. The molecule has 1 aromatic carbocycles. The van der Waals surface area contributed by atoms with E-state index in [1.807, 2.05) is 18.2 Å². The first-order chi connectivity index (χ1) is 11.5. The summed E-state index contributed by atoms with van der Waals surface area (Å²) in [6.45, 7) is 2.83. The van der Waals surface area contributed by atoms with Crippen molar-refractivity contribution in [1.82, 2.24) is 21.1 Å². The van der Waals surface area contributed by atoms with E-state index in [0.29, 0.717) is 24.9 Å². The van der Waals surface area contributed by atoms with Crippen molar-refractivity contribution in [2.24, 2.45) is 11.8 Å². The highest BCUT2D eigenvalue weighted by Crippen LogP contribution is 2.25. The minimum Gasteiger partial charge on any atom is -0.316 e. The van der Waals surface area contributed by atoms with Crippen LogP contribution >= 0.6 is 12.4 Å². The van der Waals surface area contributed by atoms with Crippen LogP contribution < -0.4 is 16.2 Å². The van der Waals surface area contributed by atoms with E-state index < -0.39 is 12.7 Å². The van der Waals surface area contributed by atoms with Crippen LogP contribution in [-0.4, -0.2) is 50.3 Å². The zero-order valence-electron chi connectivity index (χ0n) is 14.1. The number of hydrazine groups is 1. The molecule has 0 aromatic heterocycles. The SMILES string of the molecule is Cl.FC(F)(F)CN1CCC(CNCC2CNNC2c2ccccc2)C1. The molecular formula is C17H26ClF3N4. The summed E-state index contributed by atoms with van der Waals surface area (Å²) >= 11 is 0. The van der Waals surface area contributed by atoms with Crippen LogP contribution in [0.4, 0.5) is 13.2 Å². The van der Waals surface area contributed by atoms with Gasteiger partial charge in [0.2, 0.25) is 0 Å². The molecule has 2 saturated heterocycles. The highest BCUT2D eigenvalue weighted by atomic mass is 35.5. The maximum atomic E-state index is 12.4. The van der Waals surface area contributed by atoms with Crippen LogP contribution in [0.3, 0.4) is 0 Å². The Hall–Kier alpha value is -0.860. The third-order valence-corrected chi connectivity index (χ3v) is 4.86. The van der Waals surface area contributed by atoms with Crippen LogP contribution in [0.15, 0.2) is 30.3 Å². The maximum Gasteiger partial charge on any atom is 0.401 e. The Morgan fingerprint density at radius 2 is 1.92 bits per heavy atom. The predicted molar refractivity (Wildman–Crippen MR) is 94.5 cm³/mol. The van der Waals surface area contributed by atoms with Gasteiger partial charge in [0.05, 0.1) is 12.6 Å². The summed E-state index contributed by atoms with van der Waals surface area (Å²) in [7, 11) is 0. The fourth-order valence-corrected chi connectivity index (χ4v) is 3.69. The topological polar surface area (TPSA) is 39.3 Å². The van der Waals surface area contributed by atoms with Crippen LogP contribution in [0.5, 0.6) is 0 Å². The Balaban J connectivity index is 0.00000225. The summed E-state index contributed by atoms with van der Waals surface area (Å²) in [6.07, 6.45) is -3.25. The largest absolute Gasteiger partial charge is 0.401 e. The van der Waals surface area contributed by atoms with E-state index in [2.05, 4.69) is 28.3 Å². The van der Waals surface area contributed by atoms with E-state index in [1.165, 1.54) is 10.5 Å². The molecule has 2 heterocycles. The van der Waals surface area contributed by atoms with Crippen molar-refractivity contribution in [2.45, 2.75) is 18.6 Å². The number of likely N-dealkylation sites (tertiary alicyclic amines) is 1. The average molecular weight is 379 g/mol. The second-order valence-electron chi connectivity index (χ2n) is 6.84. The Morgan fingerprint density at radius 3 is 2.64 bits per heavy atom. The fraction of sp³-hybridized carbons (Fsp3) is 0.647. The van der Waals surface area contributed by atoms with Gasteiger partial charge in [0, 0.05) is 25.6 Å². The van der Waals surface area contributed by atoms with Gasteiger partial charge in [-0.2, -0.15) is 13.2 Å². The van der Waals surface area contributed by atoms with Gasteiger partial charge in [-0.25, -0.2) is 5.43 Å². The summed E-state index contributed by atoms with van der Waals surface area (Å²) in [6, 6.07) is 10.6. The molecule has 1 aromatic rings. The summed E-state index contributed by atoms with van der Waals surface area (Å²) in [5.41, 5.74) is 7.78. The molecule has 3 rings (SSSR count). The van der Waals surface area contributed by atoms with Gasteiger partial charge in [0.15, 0.2) is 0 Å². The first-order valence-corrected chi connectivity index (χ1v) is 8.54. The molecule has 2 aliphatic rings. The third-order valence-electron chi connectivity index (χ3n) is 4.86. The number of nitrogens with one attached hydrogen (secondary N) is 3. The molecule has 3 atom stereocenters. The number of alkyl halides is 3. The second kappa shape index (κ2) is 9.19. The van der Waals surface area contributed by atoms with Crippen molar-refractivity contribution in [3.63, 3.8) is 0 Å². The molecule has 2 aliphatic heterocycles. The lowest BCUT2D eigenvalue weighted by atomic mass is 9.95. The van der Waals surface area contributed by atoms with Crippen LogP contribution in [0.1, 0.15) is 18.0 Å². The van der Waals surface area contributed by atoms with E-state index in [1.54, 1.807) is 0 Å². The molecule has 0 saturated carbocycles. The molecule has 25 heavy (non-hydrogen) atoms. The minimum atomic E-state index is -4.09. The lowest BCUT2D eigenvalue weighted by molar-refractivity contribution is -0.143. The molecule has 4 nitrogen and oxygen atoms in total. The molecular weight excluding hydrogens is 353 g/mol. The Labute approximate surface area is 152 Å². The second-order valence-corrected chi connectivity index (χ2v) is 6.84. The first kappa shape index (κ1) is 20.5. The average Bonchev–Trinajstić information content (AvgIpc) is 3.16. The first-order valence-electron chi connectivity index (χ1n) is 8.54. The highest BCUT2D eigenvalue weighted by molar-refractivity contribution is 5.85. The number of hydrogen-bond donors (Lipinski definition) is 3. The van der Waals surface area contributed by atoms with Crippen molar-refractivity contribution in [3.8, 4) is 0 Å². The van der Waals surface area contributed by atoms with E-state index in [9.17, 15) is 13.2 Å². The lowest BCUT2D eigenvalue weighted by Gasteiger charge is -2.21. The molecule has 3 unspecified atom stereocenters. The molecule has 0 bridgehead atoms. The van der Waals surface area contributed by atoms with Gasteiger partial charge in [-0.15, -0.1) is 12.4 Å². The van der Waals surface area contributed by atoms with Crippen LogP contribution in [0, 0.1) is 11.8 Å². The Bertz CT molecular complexity index is 514. The van der Waals surface area contributed by atoms with Crippen molar-refractivity contribution in [3.05, 3.63) is 35.9 Å². The van der Waals surface area contributed by atoms with Gasteiger partial charge >= 0.3 is 6.18 Å². The van der Waals surface area contributed by atoms with Crippen LogP contribution in [0.2, 0.25) is 0 Å². The monoisotopic (exact) mass is 378 g/mol. The molecule has 3 N–H and O–H groups in total. The molecule has 0 radical (unpaired) electrons. The number of benzene rings is 1. The Morgan fingerprint density at radius 1 is 1.16 bits per heavy atom. The zero-order chi connectivity index (χ0) is 17.0. The summed E-state index contributed by atoms with van der Waals surface area (Å²) in [5.74, 6) is 0.741. The van der Waals surface area contributed by atoms with Crippen LogP contribution in [0.25, 0.3) is 0 Å². The van der Waals surface area contributed by atoms with Gasteiger partial charge in [-0.05, 0) is 31.0 Å². The van der Waals surface area contributed by atoms with Gasteiger partial charge in [-0.3, -0.25) is 10.3 Å². The summed E-state index contributed by atoms with van der Waals surface area (Å²) in [4.78, 5) is 1.51. The van der Waals surface area contributed by atoms with Crippen molar-refractivity contribution < 1.29 is 13.2 Å². The molecule has 142 valence electrons. The minimum absolute atomic E-state index is 0. The molecule has 0 amide bonds. The highest BCUT2D eigenvalue weighted by Gasteiger charge is 2.34. The zero-order valence-corrected chi connectivity index (χ0v) is 14.9. The third kappa shape index (κ3) is 6.11. The molecule has 0 aliphatic carbocycles. The molecule has 2 fully saturated rings. The van der Waals surface area contributed by atoms with E-state index in [0.717, 1.165) is 26.1 Å². The van der Waals surface area contributed by atoms with Crippen molar-refractivity contribution >= 4 is 12.4 Å². The van der Waals surface area contributed by atoms with Gasteiger partial charge in [0.1, 0.15) is 0 Å². The van der Waals surface area contributed by atoms with Gasteiger partial charge in [-0.1, -0.05) is 30.3 Å². The van der Waals surface area contributed by atoms with Crippen molar-refractivity contribution in [2.75, 3.05) is 39.3 Å². The lowest BCUT2D eigenvalue weighted by Crippen LogP contribution is -2.35. The smallest absolute Gasteiger partial charge is 0.316 e. The molecule has 0 spiro atoms. The van der Waals surface area contributed by atoms with E-state index >= 15 is 0 Å².